The molecular weight excluding hydrogens is 356 g/mol. The molecule has 1 atom stereocenters. The number of hydrogen-bond acceptors (Lipinski definition) is 4. The second-order valence-corrected chi connectivity index (χ2v) is 6.89. The first-order chi connectivity index (χ1) is 12.4. The van der Waals surface area contributed by atoms with Crippen LogP contribution in [-0.4, -0.2) is 34.7 Å². The monoisotopic (exact) mass is 376 g/mol. The Kier molecular flexibility index (Phi) is 5.46. The molecule has 1 aromatic carbocycles. The fraction of sp³-hybridized carbons (Fsp3) is 0.389. The molecule has 0 radical (unpaired) electrons. The lowest BCUT2D eigenvalue weighted by atomic mass is 9.94. The van der Waals surface area contributed by atoms with E-state index >= 15 is 0 Å². The minimum absolute atomic E-state index is 0.0559. The van der Waals surface area contributed by atoms with Gasteiger partial charge < -0.3 is 15.8 Å². The van der Waals surface area contributed by atoms with Crippen LogP contribution in [0, 0.1) is 12.8 Å². The van der Waals surface area contributed by atoms with Crippen molar-refractivity contribution in [1.82, 2.24) is 15.1 Å². The third-order valence-corrected chi connectivity index (χ3v) is 4.76. The van der Waals surface area contributed by atoms with Crippen molar-refractivity contribution in [1.29, 1.82) is 0 Å². The predicted octanol–water partition coefficient (Wildman–Crippen LogP) is 1.70. The normalized spacial score (nSPS) is 16.0. The van der Waals surface area contributed by atoms with Gasteiger partial charge in [-0.25, -0.2) is 0 Å². The number of hydrogen-bond donors (Lipinski definition) is 2. The van der Waals surface area contributed by atoms with Crippen LogP contribution in [0.1, 0.15) is 28.0 Å². The summed E-state index contributed by atoms with van der Waals surface area (Å²) in [6, 6.07) is 5.26. The number of carbonyl (C=O) groups excluding carboxylic acids is 2. The zero-order valence-electron chi connectivity index (χ0n) is 14.5. The number of benzene rings is 1. The lowest BCUT2D eigenvalue weighted by Crippen LogP contribution is -2.36. The van der Waals surface area contributed by atoms with Crippen LogP contribution in [0.2, 0.25) is 5.02 Å². The number of aryl methyl sites for hydroxylation is 2. The summed E-state index contributed by atoms with van der Waals surface area (Å²) in [5.74, 6) is 0.215. The van der Waals surface area contributed by atoms with E-state index in [0.29, 0.717) is 35.8 Å². The van der Waals surface area contributed by atoms with Crippen molar-refractivity contribution in [2.24, 2.45) is 11.7 Å². The van der Waals surface area contributed by atoms with Crippen LogP contribution in [0.15, 0.2) is 24.4 Å². The Labute approximate surface area is 156 Å². The Hall–Kier alpha value is -2.54. The van der Waals surface area contributed by atoms with Gasteiger partial charge in [0, 0.05) is 18.1 Å². The topological polar surface area (TPSA) is 99.2 Å². The number of nitrogens with zero attached hydrogens (tertiary/aromatic N) is 2. The third-order valence-electron chi connectivity index (χ3n) is 4.53. The Balaban J connectivity index is 1.49. The van der Waals surface area contributed by atoms with Gasteiger partial charge in [-0.05, 0) is 49.4 Å². The smallest absolute Gasteiger partial charge is 0.257 e. The van der Waals surface area contributed by atoms with Gasteiger partial charge in [-0.2, -0.15) is 5.10 Å². The maximum atomic E-state index is 12.1. The van der Waals surface area contributed by atoms with Crippen molar-refractivity contribution < 1.29 is 14.3 Å². The standard InChI is InChI=1S/C18H21ClN4O3/c1-11-6-13(19)2-3-16(11)26-10-17(24)21-8-12-4-5-23-15(7-12)14(9-22-23)18(20)25/h2-3,6,9,12H,4-5,7-8,10H2,1H3,(H2,20,25)(H,21,24)/t12-/m1/s1. The second-order valence-electron chi connectivity index (χ2n) is 6.45. The highest BCUT2D eigenvalue weighted by Gasteiger charge is 2.24. The van der Waals surface area contributed by atoms with Gasteiger partial charge in [-0.15, -0.1) is 0 Å². The van der Waals surface area contributed by atoms with Crippen molar-refractivity contribution in [3.05, 3.63) is 46.2 Å². The zero-order valence-corrected chi connectivity index (χ0v) is 15.3. The highest BCUT2D eigenvalue weighted by molar-refractivity contribution is 6.30. The summed E-state index contributed by atoms with van der Waals surface area (Å²) in [6.07, 6.45) is 3.06. The SMILES string of the molecule is Cc1cc(Cl)ccc1OCC(=O)NC[C@@H]1CCn2ncc(C(N)=O)c2C1. The summed E-state index contributed by atoms with van der Waals surface area (Å²) >= 11 is 5.90. The molecule has 7 nitrogen and oxygen atoms in total. The zero-order chi connectivity index (χ0) is 18.7. The number of rotatable bonds is 6. The fourth-order valence-electron chi connectivity index (χ4n) is 3.11. The molecule has 1 aliphatic rings. The molecule has 0 aliphatic carbocycles. The molecule has 0 fully saturated rings. The van der Waals surface area contributed by atoms with E-state index in [9.17, 15) is 9.59 Å². The third kappa shape index (κ3) is 4.16. The molecule has 8 heteroatoms. The summed E-state index contributed by atoms with van der Waals surface area (Å²) < 4.78 is 7.35. The van der Waals surface area contributed by atoms with Gasteiger partial charge in [0.25, 0.3) is 11.8 Å². The van der Waals surface area contributed by atoms with E-state index in [1.165, 1.54) is 6.20 Å². The molecule has 3 N–H and O–H groups in total. The van der Waals surface area contributed by atoms with E-state index < -0.39 is 5.91 Å². The number of fused-ring (bicyclic) bond motifs is 1. The van der Waals surface area contributed by atoms with E-state index in [4.69, 9.17) is 22.1 Å². The first kappa shape index (κ1) is 18.3. The molecule has 0 spiro atoms. The number of carbonyl (C=O) groups is 2. The van der Waals surface area contributed by atoms with Crippen molar-refractivity contribution in [3.63, 3.8) is 0 Å². The minimum Gasteiger partial charge on any atom is -0.484 e. The molecule has 2 amide bonds. The summed E-state index contributed by atoms with van der Waals surface area (Å²) in [4.78, 5) is 23.5. The largest absolute Gasteiger partial charge is 0.484 e. The molecule has 0 saturated carbocycles. The highest BCUT2D eigenvalue weighted by atomic mass is 35.5. The summed E-state index contributed by atoms with van der Waals surface area (Å²) in [5, 5.41) is 7.70. The molecule has 1 aliphatic heterocycles. The van der Waals surface area contributed by atoms with Gasteiger partial charge in [0.1, 0.15) is 5.75 Å². The van der Waals surface area contributed by atoms with E-state index in [-0.39, 0.29) is 18.4 Å². The van der Waals surface area contributed by atoms with Gasteiger partial charge in [0.2, 0.25) is 0 Å². The quantitative estimate of drug-likeness (QED) is 0.801. The Morgan fingerprint density at radius 2 is 2.27 bits per heavy atom. The van der Waals surface area contributed by atoms with Crippen LogP contribution >= 0.6 is 11.6 Å². The number of halogens is 1. The van der Waals surface area contributed by atoms with Gasteiger partial charge >= 0.3 is 0 Å². The Morgan fingerprint density at radius 3 is 3.00 bits per heavy atom. The molecule has 1 aromatic heterocycles. The summed E-state index contributed by atoms with van der Waals surface area (Å²) in [5.41, 5.74) is 7.56. The maximum Gasteiger partial charge on any atom is 0.257 e. The number of nitrogens with one attached hydrogen (secondary N) is 1. The van der Waals surface area contributed by atoms with Crippen LogP contribution in [0.25, 0.3) is 0 Å². The number of nitrogens with two attached hydrogens (primary N) is 1. The molecular formula is C18H21ClN4O3. The van der Waals surface area contributed by atoms with E-state index in [1.54, 1.807) is 18.2 Å². The average molecular weight is 377 g/mol. The number of amides is 2. The molecule has 3 rings (SSSR count). The average Bonchev–Trinajstić information content (AvgIpc) is 3.02. The molecule has 2 aromatic rings. The number of primary amides is 1. The van der Waals surface area contributed by atoms with Gasteiger partial charge in [0.05, 0.1) is 17.5 Å². The molecule has 2 heterocycles. The van der Waals surface area contributed by atoms with Gasteiger partial charge in [0.15, 0.2) is 6.61 Å². The van der Waals surface area contributed by atoms with Gasteiger partial charge in [-0.1, -0.05) is 11.6 Å². The lowest BCUT2D eigenvalue weighted by molar-refractivity contribution is -0.123. The van der Waals surface area contributed by atoms with Crippen LogP contribution in [-0.2, 0) is 17.8 Å². The summed E-state index contributed by atoms with van der Waals surface area (Å²) in [6.45, 7) is 3.05. The van der Waals surface area contributed by atoms with Crippen LogP contribution in [0.3, 0.4) is 0 Å². The molecule has 0 saturated heterocycles. The highest BCUT2D eigenvalue weighted by Crippen LogP contribution is 2.23. The van der Waals surface area contributed by atoms with Gasteiger partial charge in [-0.3, -0.25) is 14.3 Å². The van der Waals surface area contributed by atoms with E-state index in [2.05, 4.69) is 10.4 Å². The summed E-state index contributed by atoms with van der Waals surface area (Å²) in [7, 11) is 0. The van der Waals surface area contributed by atoms with Crippen molar-refractivity contribution in [2.45, 2.75) is 26.3 Å². The molecule has 138 valence electrons. The minimum atomic E-state index is -0.470. The van der Waals surface area contributed by atoms with E-state index in [1.807, 2.05) is 11.6 Å². The molecule has 26 heavy (non-hydrogen) atoms. The van der Waals surface area contributed by atoms with Crippen molar-refractivity contribution >= 4 is 23.4 Å². The predicted molar refractivity (Wildman–Crippen MR) is 97.2 cm³/mol. The van der Waals surface area contributed by atoms with Crippen molar-refractivity contribution in [3.8, 4) is 5.75 Å². The number of ether oxygens (including phenoxy) is 1. The van der Waals surface area contributed by atoms with E-state index in [0.717, 1.165) is 17.7 Å². The Bertz CT molecular complexity index is 834. The van der Waals surface area contributed by atoms with Crippen LogP contribution in [0.4, 0.5) is 0 Å². The molecule has 0 unspecified atom stereocenters. The lowest BCUT2D eigenvalue weighted by Gasteiger charge is -2.24. The fourth-order valence-corrected chi connectivity index (χ4v) is 3.33. The van der Waals surface area contributed by atoms with Crippen molar-refractivity contribution in [2.75, 3.05) is 13.2 Å². The molecule has 0 bridgehead atoms. The van der Waals surface area contributed by atoms with Crippen LogP contribution < -0.4 is 15.8 Å². The Morgan fingerprint density at radius 1 is 1.46 bits per heavy atom. The maximum absolute atomic E-state index is 12.1. The van der Waals surface area contributed by atoms with Crippen LogP contribution in [0.5, 0.6) is 5.75 Å². The first-order valence-electron chi connectivity index (χ1n) is 8.44. The first-order valence-corrected chi connectivity index (χ1v) is 8.82. The second kappa shape index (κ2) is 7.78. The number of aromatic nitrogens is 2.